The lowest BCUT2D eigenvalue weighted by Gasteiger charge is -2.20. The molecule has 0 fully saturated rings. The van der Waals surface area contributed by atoms with Gasteiger partial charge in [-0.05, 0) is 29.8 Å². The van der Waals surface area contributed by atoms with Crippen molar-refractivity contribution in [1.82, 2.24) is 0 Å². The summed E-state index contributed by atoms with van der Waals surface area (Å²) in [6.45, 7) is 0. The lowest BCUT2D eigenvalue weighted by atomic mass is 9.94. The second-order valence-corrected chi connectivity index (χ2v) is 5.36. The van der Waals surface area contributed by atoms with E-state index in [2.05, 4.69) is 15.9 Å². The van der Waals surface area contributed by atoms with Crippen molar-refractivity contribution in [3.8, 4) is 5.75 Å². The van der Waals surface area contributed by atoms with Gasteiger partial charge in [-0.1, -0.05) is 34.1 Å². The summed E-state index contributed by atoms with van der Waals surface area (Å²) in [6.07, 6.45) is -4.45. The van der Waals surface area contributed by atoms with Crippen molar-refractivity contribution in [2.24, 2.45) is 5.73 Å². The highest BCUT2D eigenvalue weighted by Gasteiger charge is 2.35. The third-order valence-corrected chi connectivity index (χ3v) is 3.62. The summed E-state index contributed by atoms with van der Waals surface area (Å²) < 4.78 is 45.2. The zero-order valence-corrected chi connectivity index (χ0v) is 12.7. The van der Waals surface area contributed by atoms with E-state index >= 15 is 0 Å². The number of methoxy groups -OCH3 is 1. The molecule has 2 rings (SSSR count). The summed E-state index contributed by atoms with van der Waals surface area (Å²) in [5.74, 6) is 0.447. The Balaban J connectivity index is 2.56. The molecule has 0 amide bonds. The molecule has 0 saturated heterocycles. The Hall–Kier alpha value is -1.53. The maximum absolute atomic E-state index is 13.1. The lowest BCUT2D eigenvalue weighted by molar-refractivity contribution is -0.138. The summed E-state index contributed by atoms with van der Waals surface area (Å²) in [4.78, 5) is 0. The van der Waals surface area contributed by atoms with Gasteiger partial charge in [-0.2, -0.15) is 13.2 Å². The average Bonchev–Trinajstić information content (AvgIpc) is 2.45. The molecule has 0 heterocycles. The first-order valence-corrected chi connectivity index (χ1v) is 6.89. The third-order valence-electron chi connectivity index (χ3n) is 3.13. The van der Waals surface area contributed by atoms with Gasteiger partial charge < -0.3 is 10.5 Å². The topological polar surface area (TPSA) is 35.2 Å². The van der Waals surface area contributed by atoms with E-state index in [1.165, 1.54) is 25.3 Å². The molecule has 0 saturated carbocycles. The van der Waals surface area contributed by atoms with Crippen LogP contribution in [0, 0.1) is 0 Å². The van der Waals surface area contributed by atoms with Gasteiger partial charge in [-0.25, -0.2) is 0 Å². The highest BCUT2D eigenvalue weighted by atomic mass is 79.9. The van der Waals surface area contributed by atoms with Gasteiger partial charge in [0.15, 0.2) is 0 Å². The van der Waals surface area contributed by atoms with Crippen LogP contribution < -0.4 is 10.5 Å². The molecule has 2 nitrogen and oxygen atoms in total. The first kappa shape index (κ1) is 15.9. The molecule has 0 aliphatic heterocycles. The monoisotopic (exact) mass is 359 g/mol. The number of benzene rings is 2. The van der Waals surface area contributed by atoms with Crippen LogP contribution in [0.2, 0.25) is 0 Å². The molecule has 0 bridgehead atoms. The number of hydrogen-bond acceptors (Lipinski definition) is 2. The van der Waals surface area contributed by atoms with Gasteiger partial charge in [0, 0.05) is 10.0 Å². The number of halogens is 4. The molecule has 0 aliphatic rings. The highest BCUT2D eigenvalue weighted by Crippen LogP contribution is 2.38. The predicted molar refractivity (Wildman–Crippen MR) is 78.2 cm³/mol. The Bertz CT molecular complexity index is 643. The molecule has 0 aliphatic carbocycles. The number of ether oxygens (including phenoxy) is 1. The molecule has 2 N–H and O–H groups in total. The first-order valence-electron chi connectivity index (χ1n) is 6.09. The van der Waals surface area contributed by atoms with Crippen LogP contribution in [0.1, 0.15) is 22.7 Å². The first-order chi connectivity index (χ1) is 9.84. The number of hydrogen-bond donors (Lipinski definition) is 1. The van der Waals surface area contributed by atoms with Gasteiger partial charge in [-0.3, -0.25) is 0 Å². The summed E-state index contributed by atoms with van der Waals surface area (Å²) in [6, 6.07) is 9.42. The molecular weight excluding hydrogens is 347 g/mol. The van der Waals surface area contributed by atoms with Crippen molar-refractivity contribution in [1.29, 1.82) is 0 Å². The third kappa shape index (κ3) is 3.39. The predicted octanol–water partition coefficient (Wildman–Crippen LogP) is 4.52. The normalized spacial score (nSPS) is 13.0. The zero-order chi connectivity index (χ0) is 15.6. The Morgan fingerprint density at radius 1 is 1.10 bits per heavy atom. The van der Waals surface area contributed by atoms with Crippen LogP contribution in [0.4, 0.5) is 13.2 Å². The second kappa shape index (κ2) is 6.07. The van der Waals surface area contributed by atoms with E-state index in [-0.39, 0.29) is 5.56 Å². The summed E-state index contributed by atoms with van der Waals surface area (Å²) in [5, 5.41) is 0. The second-order valence-electron chi connectivity index (χ2n) is 4.45. The van der Waals surface area contributed by atoms with E-state index < -0.39 is 17.8 Å². The molecule has 6 heteroatoms. The fourth-order valence-corrected chi connectivity index (χ4v) is 2.52. The van der Waals surface area contributed by atoms with Crippen LogP contribution in [-0.2, 0) is 6.18 Å². The van der Waals surface area contributed by atoms with Gasteiger partial charge in [0.25, 0.3) is 0 Å². The SMILES string of the molecule is COc1ccc(Br)cc1C(N)c1ccccc1C(F)(F)F. The van der Waals surface area contributed by atoms with Crippen LogP contribution in [0.3, 0.4) is 0 Å². The molecule has 0 radical (unpaired) electrons. The lowest BCUT2D eigenvalue weighted by Crippen LogP contribution is -2.19. The molecular formula is C15H13BrF3NO. The Morgan fingerprint density at radius 3 is 2.38 bits per heavy atom. The molecule has 21 heavy (non-hydrogen) atoms. The van der Waals surface area contributed by atoms with E-state index in [4.69, 9.17) is 10.5 Å². The van der Waals surface area contributed by atoms with Crippen LogP contribution in [0.15, 0.2) is 46.9 Å². The van der Waals surface area contributed by atoms with E-state index in [0.29, 0.717) is 11.3 Å². The van der Waals surface area contributed by atoms with Gasteiger partial charge >= 0.3 is 6.18 Å². The molecule has 1 atom stereocenters. The average molecular weight is 360 g/mol. The fourth-order valence-electron chi connectivity index (χ4n) is 2.14. The van der Waals surface area contributed by atoms with Crippen LogP contribution >= 0.6 is 15.9 Å². The maximum atomic E-state index is 13.1. The molecule has 0 aromatic heterocycles. The van der Waals surface area contributed by atoms with Gasteiger partial charge in [0.2, 0.25) is 0 Å². The van der Waals surface area contributed by atoms with Crippen molar-refractivity contribution in [2.75, 3.05) is 7.11 Å². The number of nitrogens with two attached hydrogens (primary N) is 1. The van der Waals surface area contributed by atoms with Gasteiger partial charge in [0.1, 0.15) is 5.75 Å². The Labute approximate surface area is 128 Å². The van der Waals surface area contributed by atoms with Crippen LogP contribution in [0.5, 0.6) is 5.75 Å². The minimum Gasteiger partial charge on any atom is -0.496 e. The summed E-state index contributed by atoms with van der Waals surface area (Å²) >= 11 is 3.29. The number of rotatable bonds is 3. The van der Waals surface area contributed by atoms with Gasteiger partial charge in [-0.15, -0.1) is 0 Å². The highest BCUT2D eigenvalue weighted by molar-refractivity contribution is 9.10. The van der Waals surface area contributed by atoms with E-state index in [1.807, 2.05) is 0 Å². The van der Waals surface area contributed by atoms with Crippen LogP contribution in [0.25, 0.3) is 0 Å². The standard InChI is InChI=1S/C15H13BrF3NO/c1-21-13-7-6-9(16)8-11(13)14(20)10-4-2-3-5-12(10)15(17,18)19/h2-8,14H,20H2,1H3. The van der Waals surface area contributed by atoms with Crippen molar-refractivity contribution >= 4 is 15.9 Å². The van der Waals surface area contributed by atoms with Crippen molar-refractivity contribution < 1.29 is 17.9 Å². The Kier molecular flexibility index (Phi) is 4.58. The largest absolute Gasteiger partial charge is 0.496 e. The fraction of sp³-hybridized carbons (Fsp3) is 0.200. The summed E-state index contributed by atoms with van der Waals surface area (Å²) in [5.41, 5.74) is 5.83. The van der Waals surface area contributed by atoms with E-state index in [1.54, 1.807) is 18.2 Å². The zero-order valence-electron chi connectivity index (χ0n) is 11.1. The van der Waals surface area contributed by atoms with Crippen molar-refractivity contribution in [3.63, 3.8) is 0 Å². The minimum atomic E-state index is -4.45. The molecule has 2 aromatic carbocycles. The molecule has 1 unspecified atom stereocenters. The molecule has 112 valence electrons. The van der Waals surface area contributed by atoms with E-state index in [0.717, 1.165) is 10.5 Å². The van der Waals surface area contributed by atoms with Crippen molar-refractivity contribution in [2.45, 2.75) is 12.2 Å². The number of alkyl halides is 3. The van der Waals surface area contributed by atoms with Gasteiger partial charge in [0.05, 0.1) is 18.7 Å². The molecule has 2 aromatic rings. The van der Waals surface area contributed by atoms with Crippen LogP contribution in [-0.4, -0.2) is 7.11 Å². The Morgan fingerprint density at radius 2 is 1.76 bits per heavy atom. The smallest absolute Gasteiger partial charge is 0.416 e. The summed E-state index contributed by atoms with van der Waals surface area (Å²) in [7, 11) is 1.45. The quantitative estimate of drug-likeness (QED) is 0.873. The minimum absolute atomic E-state index is 0.0152. The molecule has 0 spiro atoms. The van der Waals surface area contributed by atoms with E-state index in [9.17, 15) is 13.2 Å². The maximum Gasteiger partial charge on any atom is 0.416 e. The van der Waals surface area contributed by atoms with Crippen molar-refractivity contribution in [3.05, 3.63) is 63.6 Å².